The van der Waals surface area contributed by atoms with E-state index in [9.17, 15) is 5.11 Å². The van der Waals surface area contributed by atoms with Crippen LogP contribution in [0.15, 0.2) is 28.8 Å². The Bertz CT molecular complexity index is 951. The summed E-state index contributed by atoms with van der Waals surface area (Å²) in [7, 11) is 1.78. The highest BCUT2D eigenvalue weighted by Gasteiger charge is 2.19. The fourth-order valence-electron chi connectivity index (χ4n) is 2.94. The van der Waals surface area contributed by atoms with Crippen molar-refractivity contribution in [2.24, 2.45) is 0 Å². The molecule has 0 aliphatic rings. The number of aliphatic hydroxyl groups is 1. The van der Waals surface area contributed by atoms with Crippen LogP contribution in [0.4, 0.5) is 5.82 Å². The molecular weight excluding hydrogens is 358 g/mol. The number of hydrogen-bond acceptors (Lipinski definition) is 8. The number of aliphatic hydroxyl groups excluding tert-OH is 1. The summed E-state index contributed by atoms with van der Waals surface area (Å²) >= 11 is 0. The van der Waals surface area contributed by atoms with Gasteiger partial charge < -0.3 is 25.4 Å². The first-order chi connectivity index (χ1) is 13.4. The van der Waals surface area contributed by atoms with Gasteiger partial charge in [0.2, 0.25) is 0 Å². The number of rotatable bonds is 7. The van der Waals surface area contributed by atoms with Crippen molar-refractivity contribution in [3.8, 4) is 28.4 Å². The van der Waals surface area contributed by atoms with Crippen LogP contribution >= 0.6 is 0 Å². The molecule has 0 aliphatic heterocycles. The Morgan fingerprint density at radius 3 is 2.71 bits per heavy atom. The third-order valence-electron chi connectivity index (χ3n) is 4.43. The minimum absolute atomic E-state index is 0.186. The number of nitrogens with one attached hydrogen (secondary N) is 1. The lowest BCUT2D eigenvalue weighted by Crippen LogP contribution is -2.29. The van der Waals surface area contributed by atoms with Crippen LogP contribution in [0, 0.1) is 20.8 Å². The van der Waals surface area contributed by atoms with Crippen molar-refractivity contribution in [2.45, 2.75) is 26.9 Å². The zero-order chi connectivity index (χ0) is 20.3. The van der Waals surface area contributed by atoms with Crippen LogP contribution in [0.25, 0.3) is 22.6 Å². The van der Waals surface area contributed by atoms with Gasteiger partial charge in [-0.3, -0.25) is 0 Å². The van der Waals surface area contributed by atoms with Gasteiger partial charge in [0.15, 0.2) is 5.82 Å². The third kappa shape index (κ3) is 4.13. The maximum Gasteiger partial charge on any atom is 0.162 e. The lowest BCUT2D eigenvalue weighted by atomic mass is 10.1. The van der Waals surface area contributed by atoms with E-state index in [0.29, 0.717) is 35.4 Å². The van der Waals surface area contributed by atoms with Crippen molar-refractivity contribution in [2.75, 3.05) is 25.9 Å². The number of aromatic nitrogens is 3. The minimum atomic E-state index is -0.592. The fraction of sp³-hybridized carbons (Fsp3) is 0.350. The van der Waals surface area contributed by atoms with E-state index in [2.05, 4.69) is 15.5 Å². The maximum absolute atomic E-state index is 9.81. The molecule has 0 spiro atoms. The summed E-state index contributed by atoms with van der Waals surface area (Å²) in [4.78, 5) is 9.17. The van der Waals surface area contributed by atoms with Gasteiger partial charge in [0, 0.05) is 17.7 Å². The van der Waals surface area contributed by atoms with E-state index in [0.717, 1.165) is 22.4 Å². The van der Waals surface area contributed by atoms with Crippen molar-refractivity contribution in [3.63, 3.8) is 0 Å². The van der Waals surface area contributed by atoms with Crippen molar-refractivity contribution in [1.82, 2.24) is 20.4 Å². The fourth-order valence-corrected chi connectivity index (χ4v) is 2.94. The largest absolute Gasteiger partial charge is 0.491 e. The van der Waals surface area contributed by atoms with Crippen molar-refractivity contribution >= 4 is 5.82 Å². The maximum atomic E-state index is 9.81. The number of hydrogen-bond donors (Lipinski definition) is 3. The van der Waals surface area contributed by atoms with Gasteiger partial charge >= 0.3 is 0 Å². The molecule has 1 atom stereocenters. The van der Waals surface area contributed by atoms with E-state index in [1.807, 2.05) is 45.0 Å². The second-order valence-electron chi connectivity index (χ2n) is 6.66. The molecule has 0 amide bonds. The van der Waals surface area contributed by atoms with Gasteiger partial charge in [0.25, 0.3) is 0 Å². The predicted molar refractivity (Wildman–Crippen MR) is 107 cm³/mol. The predicted octanol–water partition coefficient (Wildman–Crippen LogP) is 2.27. The Labute approximate surface area is 163 Å². The van der Waals surface area contributed by atoms with Crippen LogP contribution in [-0.4, -0.2) is 46.5 Å². The van der Waals surface area contributed by atoms with Gasteiger partial charge in [-0.05, 0) is 40.0 Å². The second kappa shape index (κ2) is 8.37. The van der Waals surface area contributed by atoms with Gasteiger partial charge in [-0.2, -0.15) is 0 Å². The number of likely N-dealkylation sites (N-methyl/N-ethyl adjacent to an activating group) is 1. The molecule has 3 aromatic rings. The molecule has 148 valence electrons. The number of ether oxygens (including phenoxy) is 1. The Morgan fingerprint density at radius 2 is 2.04 bits per heavy atom. The summed E-state index contributed by atoms with van der Waals surface area (Å²) in [5, 5.41) is 16.7. The molecule has 8 nitrogen and oxygen atoms in total. The van der Waals surface area contributed by atoms with Crippen LogP contribution in [0.2, 0.25) is 0 Å². The Kier molecular flexibility index (Phi) is 5.91. The van der Waals surface area contributed by atoms with E-state index in [-0.39, 0.29) is 6.61 Å². The lowest BCUT2D eigenvalue weighted by Gasteiger charge is -2.13. The topological polar surface area (TPSA) is 119 Å². The molecule has 2 heterocycles. The lowest BCUT2D eigenvalue weighted by molar-refractivity contribution is 0.108. The Hall–Kier alpha value is -2.97. The Balaban J connectivity index is 1.95. The van der Waals surface area contributed by atoms with Crippen molar-refractivity contribution in [3.05, 3.63) is 41.3 Å². The normalized spacial score (nSPS) is 12.2. The van der Waals surface area contributed by atoms with Gasteiger partial charge in [-0.15, -0.1) is 0 Å². The van der Waals surface area contributed by atoms with Crippen molar-refractivity contribution < 1.29 is 14.4 Å². The number of aryl methyl sites for hydroxylation is 2. The molecule has 4 N–H and O–H groups in total. The summed E-state index contributed by atoms with van der Waals surface area (Å²) < 4.78 is 11.0. The number of nitrogens with zero attached hydrogens (tertiary/aromatic N) is 3. The molecule has 0 fully saturated rings. The first-order valence-electron chi connectivity index (χ1n) is 9.04. The summed E-state index contributed by atoms with van der Waals surface area (Å²) in [6.45, 7) is 6.23. The van der Waals surface area contributed by atoms with E-state index >= 15 is 0 Å². The summed E-state index contributed by atoms with van der Waals surface area (Å²) in [6.07, 6.45) is -0.592. The third-order valence-corrected chi connectivity index (χ3v) is 4.43. The highest BCUT2D eigenvalue weighted by molar-refractivity contribution is 5.73. The van der Waals surface area contributed by atoms with Gasteiger partial charge in [-0.1, -0.05) is 17.3 Å². The molecule has 0 bridgehead atoms. The average molecular weight is 383 g/mol. The molecule has 8 heteroatoms. The quantitative estimate of drug-likeness (QED) is 0.568. The molecule has 0 saturated heterocycles. The monoisotopic (exact) mass is 383 g/mol. The average Bonchev–Trinajstić information content (AvgIpc) is 3.01. The molecule has 3 rings (SSSR count). The molecule has 0 aliphatic carbocycles. The van der Waals surface area contributed by atoms with Gasteiger partial charge in [-0.25, -0.2) is 9.97 Å². The zero-order valence-electron chi connectivity index (χ0n) is 16.5. The van der Waals surface area contributed by atoms with E-state index in [1.54, 1.807) is 7.05 Å². The first-order valence-corrected chi connectivity index (χ1v) is 9.04. The van der Waals surface area contributed by atoms with E-state index in [4.69, 9.17) is 20.0 Å². The van der Waals surface area contributed by atoms with E-state index in [1.165, 1.54) is 0 Å². The van der Waals surface area contributed by atoms with Crippen LogP contribution in [0.3, 0.4) is 0 Å². The van der Waals surface area contributed by atoms with Crippen LogP contribution in [0.1, 0.15) is 17.0 Å². The molecule has 0 saturated carbocycles. The van der Waals surface area contributed by atoms with Crippen molar-refractivity contribution in [1.29, 1.82) is 0 Å². The molecule has 0 radical (unpaired) electrons. The summed E-state index contributed by atoms with van der Waals surface area (Å²) in [5.41, 5.74) is 9.99. The first kappa shape index (κ1) is 19.8. The number of anilines is 1. The van der Waals surface area contributed by atoms with Crippen LogP contribution in [-0.2, 0) is 0 Å². The summed E-state index contributed by atoms with van der Waals surface area (Å²) in [6, 6.07) is 7.39. The van der Waals surface area contributed by atoms with Gasteiger partial charge in [0.1, 0.15) is 30.0 Å². The molecule has 1 aromatic carbocycles. The van der Waals surface area contributed by atoms with Gasteiger partial charge in [0.05, 0.1) is 17.0 Å². The highest BCUT2D eigenvalue weighted by Crippen LogP contribution is 2.32. The second-order valence-corrected chi connectivity index (χ2v) is 6.66. The molecule has 28 heavy (non-hydrogen) atoms. The molecular formula is C20H25N5O3. The number of nitrogen functional groups attached to an aromatic ring is 1. The molecule has 2 aromatic heterocycles. The molecule has 1 unspecified atom stereocenters. The highest BCUT2D eigenvalue weighted by atomic mass is 16.5. The Morgan fingerprint density at radius 1 is 1.25 bits per heavy atom. The van der Waals surface area contributed by atoms with Crippen LogP contribution < -0.4 is 15.8 Å². The smallest absolute Gasteiger partial charge is 0.162 e. The van der Waals surface area contributed by atoms with Crippen LogP contribution in [0.5, 0.6) is 5.75 Å². The standard InChI is InChI=1S/C20H25N5O3/c1-11-18(17-12(2)25-28-13(17)3)23-20(24-19(11)21)14-6-5-7-16(8-14)27-10-15(26)9-22-4/h5-8,15,22,26H,9-10H2,1-4H3,(H2,21,23,24). The SMILES string of the molecule is CNCC(O)COc1cccc(-c2nc(N)c(C)c(-c3c(C)noc3C)n2)c1. The number of benzene rings is 1. The summed E-state index contributed by atoms with van der Waals surface area (Å²) in [5.74, 6) is 2.18. The number of nitrogens with two attached hydrogens (primary N) is 1. The minimum Gasteiger partial charge on any atom is -0.491 e. The zero-order valence-corrected chi connectivity index (χ0v) is 16.5. The van der Waals surface area contributed by atoms with E-state index < -0.39 is 6.10 Å².